The third kappa shape index (κ3) is 11.2. The highest BCUT2D eigenvalue weighted by atomic mass is 16.8. The number of aliphatic carboxylic acids is 3. The Balaban J connectivity index is 6.68. The summed E-state index contributed by atoms with van der Waals surface area (Å²) >= 11 is 0. The lowest BCUT2D eigenvalue weighted by molar-refractivity contribution is -0.303. The van der Waals surface area contributed by atoms with Crippen molar-refractivity contribution < 1.29 is 94.4 Å². The fourth-order valence-corrected chi connectivity index (χ4v) is 2.79. The van der Waals surface area contributed by atoms with Crippen LogP contribution in [0, 0.1) is 0 Å². The van der Waals surface area contributed by atoms with Gasteiger partial charge in [0.2, 0.25) is 0 Å². The standard InChI is InChI=1S/C20H30O19/c1-20(38-9(18(34)35)4-11(27)28,39-19(36)16(33)15(32)13(30)7(23)5-21)17(14(31)8(24)6-22)37-12(29)3-2-10(25)26/h2-3,7-9,13-17,21-24,30-33H,4-6H2,1H3,(H,25,26)(H,27,28)(H,34,35)/b3-2-/t7-,8-,9?,13+,14+,15+,16-,17+,20-/m1/s1. The summed E-state index contributed by atoms with van der Waals surface area (Å²) in [7, 11) is 0. The highest BCUT2D eigenvalue weighted by Gasteiger charge is 2.52. The SMILES string of the molecule is C[C@](OC(=O)[C@H](O)[C@@H](O)[C@@H](O)[C@H](O)CO)(OC(CC(=O)O)C(=O)O)[C@@H](OC(=O)/C=C\C(=O)O)[C@@H](O)[C@H](O)CO. The topological polar surface area (TPSA) is 336 Å². The number of carbonyl (C=O) groups excluding carboxylic acids is 2. The van der Waals surface area contributed by atoms with Crippen LogP contribution >= 0.6 is 0 Å². The van der Waals surface area contributed by atoms with Gasteiger partial charge in [-0.05, 0) is 0 Å². The molecule has 0 aromatic heterocycles. The highest BCUT2D eigenvalue weighted by molar-refractivity contribution is 5.90. The van der Waals surface area contributed by atoms with Gasteiger partial charge in [0.1, 0.15) is 30.5 Å². The molecule has 1 unspecified atom stereocenters. The van der Waals surface area contributed by atoms with Gasteiger partial charge in [-0.25, -0.2) is 19.2 Å². The van der Waals surface area contributed by atoms with Crippen molar-refractivity contribution in [2.24, 2.45) is 0 Å². The van der Waals surface area contributed by atoms with E-state index in [1.165, 1.54) is 0 Å². The van der Waals surface area contributed by atoms with E-state index in [9.17, 15) is 64.8 Å². The minimum Gasteiger partial charge on any atom is -0.481 e. The maximum Gasteiger partial charge on any atom is 0.340 e. The molecule has 0 aromatic rings. The number of carbonyl (C=O) groups is 5. The van der Waals surface area contributed by atoms with Crippen molar-refractivity contribution in [2.45, 2.75) is 68.0 Å². The Kier molecular flexibility index (Phi) is 14.6. The predicted octanol–water partition coefficient (Wildman–Crippen LogP) is -6.11. The molecule has 19 heteroatoms. The van der Waals surface area contributed by atoms with Crippen molar-refractivity contribution in [1.29, 1.82) is 0 Å². The van der Waals surface area contributed by atoms with Gasteiger partial charge in [0.15, 0.2) is 18.3 Å². The Hall–Kier alpha value is -3.27. The molecule has 9 atom stereocenters. The highest BCUT2D eigenvalue weighted by Crippen LogP contribution is 2.29. The number of hydrogen-bond donors (Lipinski definition) is 11. The van der Waals surface area contributed by atoms with Crippen molar-refractivity contribution in [1.82, 2.24) is 0 Å². The number of carboxylic acid groups (broad SMARTS) is 3. The van der Waals surface area contributed by atoms with E-state index in [1.807, 2.05) is 0 Å². The van der Waals surface area contributed by atoms with Gasteiger partial charge in [0.25, 0.3) is 5.79 Å². The molecular formula is C20H30O19. The van der Waals surface area contributed by atoms with E-state index in [0.29, 0.717) is 6.92 Å². The fourth-order valence-electron chi connectivity index (χ4n) is 2.79. The lowest BCUT2D eigenvalue weighted by atomic mass is 9.99. The molecule has 0 aliphatic heterocycles. The van der Waals surface area contributed by atoms with Crippen LogP contribution in [0.4, 0.5) is 0 Å². The molecule has 0 saturated carbocycles. The second kappa shape index (κ2) is 16.0. The zero-order valence-electron chi connectivity index (χ0n) is 20.1. The molecule has 0 amide bonds. The molecule has 0 bridgehead atoms. The summed E-state index contributed by atoms with van der Waals surface area (Å²) in [5.41, 5.74) is 0. The lowest BCUT2D eigenvalue weighted by Gasteiger charge is -2.40. The molecule has 0 aromatic carbocycles. The lowest BCUT2D eigenvalue weighted by Crippen LogP contribution is -2.60. The Morgan fingerprint density at radius 1 is 0.795 bits per heavy atom. The molecule has 0 rings (SSSR count). The molecule has 0 heterocycles. The van der Waals surface area contributed by atoms with Gasteiger partial charge in [-0.1, -0.05) is 0 Å². The van der Waals surface area contributed by atoms with E-state index in [4.69, 9.17) is 29.5 Å². The van der Waals surface area contributed by atoms with Crippen molar-refractivity contribution in [3.8, 4) is 0 Å². The average molecular weight is 574 g/mol. The Bertz CT molecular complexity index is 888. The fraction of sp³-hybridized carbons (Fsp3) is 0.650. The smallest absolute Gasteiger partial charge is 0.340 e. The minimum atomic E-state index is -3.21. The predicted molar refractivity (Wildman–Crippen MR) is 116 cm³/mol. The van der Waals surface area contributed by atoms with Crippen molar-refractivity contribution >= 4 is 29.8 Å². The van der Waals surface area contributed by atoms with E-state index in [1.54, 1.807) is 0 Å². The Morgan fingerprint density at radius 2 is 1.31 bits per heavy atom. The first-order valence-electron chi connectivity index (χ1n) is 10.7. The summed E-state index contributed by atoms with van der Waals surface area (Å²) in [6, 6.07) is 0. The number of aliphatic hydroxyl groups excluding tert-OH is 8. The summed E-state index contributed by atoms with van der Waals surface area (Å²) < 4.78 is 14.6. The minimum absolute atomic E-state index is 0.233. The quantitative estimate of drug-likeness (QED) is 0.0412. The summed E-state index contributed by atoms with van der Waals surface area (Å²) in [4.78, 5) is 58.1. The van der Waals surface area contributed by atoms with Crippen LogP contribution in [-0.2, 0) is 38.2 Å². The summed E-state index contributed by atoms with van der Waals surface area (Å²) in [6.45, 7) is -1.88. The van der Waals surface area contributed by atoms with Crippen LogP contribution in [0.3, 0.4) is 0 Å². The van der Waals surface area contributed by atoms with Gasteiger partial charge >= 0.3 is 29.8 Å². The molecule has 0 spiro atoms. The second-order valence-corrected chi connectivity index (χ2v) is 7.93. The summed E-state index contributed by atoms with van der Waals surface area (Å²) in [5.74, 6) is -12.4. The van der Waals surface area contributed by atoms with E-state index in [0.717, 1.165) is 0 Å². The number of aliphatic hydroxyl groups is 8. The summed E-state index contributed by atoms with van der Waals surface area (Å²) in [5, 5.41) is 104. The van der Waals surface area contributed by atoms with E-state index < -0.39 is 104 Å². The van der Waals surface area contributed by atoms with Crippen molar-refractivity contribution in [3.63, 3.8) is 0 Å². The molecular weight excluding hydrogens is 544 g/mol. The second-order valence-electron chi connectivity index (χ2n) is 7.93. The maximum atomic E-state index is 12.6. The van der Waals surface area contributed by atoms with Crippen LogP contribution in [0.25, 0.3) is 0 Å². The molecule has 0 aliphatic rings. The van der Waals surface area contributed by atoms with Crippen LogP contribution in [0.2, 0.25) is 0 Å². The van der Waals surface area contributed by atoms with E-state index >= 15 is 0 Å². The zero-order valence-corrected chi connectivity index (χ0v) is 20.1. The molecule has 0 fully saturated rings. The van der Waals surface area contributed by atoms with Gasteiger partial charge in [0, 0.05) is 19.1 Å². The average Bonchev–Trinajstić information content (AvgIpc) is 2.86. The first kappa shape index (κ1) is 35.7. The number of ether oxygens (including phenoxy) is 3. The molecule has 224 valence electrons. The molecule has 0 radical (unpaired) electrons. The molecule has 0 aliphatic carbocycles. The van der Waals surface area contributed by atoms with Gasteiger partial charge in [-0.2, -0.15) is 0 Å². The molecule has 39 heavy (non-hydrogen) atoms. The number of esters is 2. The van der Waals surface area contributed by atoms with Gasteiger partial charge in [-0.3, -0.25) is 4.79 Å². The van der Waals surface area contributed by atoms with Gasteiger partial charge in [0.05, 0.1) is 19.6 Å². The number of carboxylic acids is 3. The monoisotopic (exact) mass is 574 g/mol. The van der Waals surface area contributed by atoms with Crippen LogP contribution in [-0.4, -0.2) is 154 Å². The van der Waals surface area contributed by atoms with E-state index in [2.05, 4.69) is 0 Å². The third-order valence-electron chi connectivity index (χ3n) is 4.82. The van der Waals surface area contributed by atoms with Crippen LogP contribution in [0.15, 0.2) is 12.2 Å². The van der Waals surface area contributed by atoms with E-state index in [-0.39, 0.29) is 12.2 Å². The Morgan fingerprint density at radius 3 is 1.74 bits per heavy atom. The number of rotatable bonds is 18. The zero-order chi connectivity index (χ0) is 30.7. The summed E-state index contributed by atoms with van der Waals surface area (Å²) in [6.07, 6.45) is -20.6. The van der Waals surface area contributed by atoms with Crippen LogP contribution in [0.5, 0.6) is 0 Å². The van der Waals surface area contributed by atoms with Crippen molar-refractivity contribution in [2.75, 3.05) is 13.2 Å². The van der Waals surface area contributed by atoms with Crippen LogP contribution in [0.1, 0.15) is 13.3 Å². The van der Waals surface area contributed by atoms with Gasteiger partial charge < -0.3 is 70.4 Å². The third-order valence-corrected chi connectivity index (χ3v) is 4.82. The largest absolute Gasteiger partial charge is 0.481 e. The Labute approximate surface area is 218 Å². The van der Waals surface area contributed by atoms with Gasteiger partial charge in [-0.15, -0.1) is 0 Å². The number of hydrogen-bond acceptors (Lipinski definition) is 16. The van der Waals surface area contributed by atoms with Crippen LogP contribution < -0.4 is 0 Å². The molecule has 11 N–H and O–H groups in total. The maximum absolute atomic E-state index is 12.6. The first-order chi connectivity index (χ1) is 17.9. The molecule has 0 saturated heterocycles. The first-order valence-corrected chi connectivity index (χ1v) is 10.7. The molecule has 19 nitrogen and oxygen atoms in total. The normalized spacial score (nSPS) is 19.4. The van der Waals surface area contributed by atoms with Crippen molar-refractivity contribution in [3.05, 3.63) is 12.2 Å².